The van der Waals surface area contributed by atoms with Crippen LogP contribution in [0.25, 0.3) is 0 Å². The van der Waals surface area contributed by atoms with E-state index in [0.717, 1.165) is 6.42 Å². The van der Waals surface area contributed by atoms with E-state index in [2.05, 4.69) is 18.7 Å². The van der Waals surface area contributed by atoms with Crippen LogP contribution in [-0.2, 0) is 9.53 Å². The topological polar surface area (TPSA) is 50.1 Å². The van der Waals surface area contributed by atoms with Crippen molar-refractivity contribution >= 4 is 18.6 Å². The van der Waals surface area contributed by atoms with E-state index >= 15 is 0 Å². The number of hydrogen-bond acceptors (Lipinski definition) is 4. The maximum atomic E-state index is 11.4. The van der Waals surface area contributed by atoms with Crippen LogP contribution < -0.4 is 0 Å². The van der Waals surface area contributed by atoms with Gasteiger partial charge < -0.3 is 4.74 Å². The quantitative estimate of drug-likeness (QED) is 0.455. The van der Waals surface area contributed by atoms with Gasteiger partial charge in [-0.3, -0.25) is 4.79 Å². The molecule has 1 aliphatic heterocycles. The molecule has 0 aromatic heterocycles. The van der Waals surface area contributed by atoms with Crippen LogP contribution in [0.15, 0.2) is 0 Å². The number of ether oxygens (including phenoxy) is 1. The second-order valence-electron chi connectivity index (χ2n) is 4.14. The zero-order valence-electron chi connectivity index (χ0n) is 6.88. The summed E-state index contributed by atoms with van der Waals surface area (Å²) in [6, 6.07) is 2.23. The van der Waals surface area contributed by atoms with Crippen molar-refractivity contribution in [2.45, 2.75) is 17.8 Å². The third-order valence-electron chi connectivity index (χ3n) is 3.72. The van der Waals surface area contributed by atoms with Crippen molar-refractivity contribution in [3.8, 4) is 6.07 Å². The Bertz CT molecular complexity index is 324. The van der Waals surface area contributed by atoms with Gasteiger partial charge in [0, 0.05) is 11.2 Å². The standard InChI is InChI=1S/C9H9NO2S/c10-2-5-3-1-4-6(5)9(11)12-7(4)8(3)13/h3-8,13H,1H2/t3?,4?,5?,6-,7?,8?/m0/s1. The highest BCUT2D eigenvalue weighted by Crippen LogP contribution is 2.58. The Balaban J connectivity index is 2.07. The minimum atomic E-state index is -0.166. The molecule has 1 heterocycles. The van der Waals surface area contributed by atoms with Crippen LogP contribution in [0.3, 0.4) is 0 Å². The number of carbonyl (C=O) groups is 1. The van der Waals surface area contributed by atoms with Crippen LogP contribution in [0, 0.1) is 35.0 Å². The van der Waals surface area contributed by atoms with Crippen molar-refractivity contribution in [3.63, 3.8) is 0 Å². The van der Waals surface area contributed by atoms with E-state index in [1.165, 1.54) is 0 Å². The van der Waals surface area contributed by atoms with E-state index in [9.17, 15) is 4.79 Å². The number of esters is 1. The smallest absolute Gasteiger partial charge is 0.311 e. The molecule has 3 aliphatic rings. The summed E-state index contributed by atoms with van der Waals surface area (Å²) in [5.41, 5.74) is 0. The van der Waals surface area contributed by atoms with Crippen molar-refractivity contribution < 1.29 is 9.53 Å². The number of rotatable bonds is 0. The molecule has 4 heteroatoms. The molecule has 2 aliphatic carbocycles. The summed E-state index contributed by atoms with van der Waals surface area (Å²) >= 11 is 4.43. The summed E-state index contributed by atoms with van der Waals surface area (Å²) in [5, 5.41) is 9.05. The second-order valence-corrected chi connectivity index (χ2v) is 4.73. The number of carbonyl (C=O) groups excluding carboxylic acids is 1. The average Bonchev–Trinajstić information content (AvgIpc) is 2.68. The lowest BCUT2D eigenvalue weighted by molar-refractivity contribution is -0.143. The Morgan fingerprint density at radius 2 is 2.31 bits per heavy atom. The molecule has 0 radical (unpaired) electrons. The Labute approximate surface area is 81.5 Å². The van der Waals surface area contributed by atoms with E-state index < -0.39 is 0 Å². The SMILES string of the molecule is N#CC1C2CC3C(OC(=O)[C@H]13)C2S. The van der Waals surface area contributed by atoms with Crippen LogP contribution >= 0.6 is 12.6 Å². The van der Waals surface area contributed by atoms with Gasteiger partial charge in [0.1, 0.15) is 6.10 Å². The molecule has 5 unspecified atom stereocenters. The van der Waals surface area contributed by atoms with E-state index in [4.69, 9.17) is 10.00 Å². The third-order valence-corrected chi connectivity index (χ3v) is 4.40. The first-order chi connectivity index (χ1) is 6.24. The molecule has 3 fully saturated rings. The van der Waals surface area contributed by atoms with E-state index in [1.807, 2.05) is 0 Å². The maximum Gasteiger partial charge on any atom is 0.311 e. The first-order valence-corrected chi connectivity index (χ1v) is 5.04. The fourth-order valence-electron chi connectivity index (χ4n) is 3.19. The first-order valence-electron chi connectivity index (χ1n) is 4.52. The third kappa shape index (κ3) is 0.704. The monoisotopic (exact) mass is 195 g/mol. The van der Waals surface area contributed by atoms with Crippen LogP contribution in [-0.4, -0.2) is 17.3 Å². The summed E-state index contributed by atoms with van der Waals surface area (Å²) < 4.78 is 5.22. The first kappa shape index (κ1) is 7.69. The van der Waals surface area contributed by atoms with Gasteiger partial charge in [0.25, 0.3) is 0 Å². The Hall–Kier alpha value is -0.690. The lowest BCUT2D eigenvalue weighted by Gasteiger charge is -2.23. The van der Waals surface area contributed by atoms with Crippen LogP contribution in [0.4, 0.5) is 0 Å². The van der Waals surface area contributed by atoms with Gasteiger partial charge in [-0.1, -0.05) is 0 Å². The lowest BCUT2D eigenvalue weighted by atomic mass is 9.81. The Kier molecular flexibility index (Phi) is 1.31. The molecule has 2 saturated carbocycles. The van der Waals surface area contributed by atoms with Gasteiger partial charge in [-0.2, -0.15) is 17.9 Å². The Morgan fingerprint density at radius 3 is 3.00 bits per heavy atom. The minimum Gasteiger partial charge on any atom is -0.461 e. The van der Waals surface area contributed by atoms with Gasteiger partial charge in [-0.15, -0.1) is 0 Å². The molecule has 0 amide bonds. The molecule has 2 bridgehead atoms. The second kappa shape index (κ2) is 2.21. The molecule has 6 atom stereocenters. The van der Waals surface area contributed by atoms with Gasteiger partial charge in [0.15, 0.2) is 0 Å². The number of nitrogens with zero attached hydrogens (tertiary/aromatic N) is 1. The van der Waals surface area contributed by atoms with Crippen molar-refractivity contribution in [2.24, 2.45) is 23.7 Å². The highest BCUT2D eigenvalue weighted by atomic mass is 32.1. The zero-order valence-corrected chi connectivity index (χ0v) is 7.78. The summed E-state index contributed by atoms with van der Waals surface area (Å²) in [5.74, 6) is 0.118. The van der Waals surface area contributed by atoms with Gasteiger partial charge in [-0.05, 0) is 12.3 Å². The fourth-order valence-corrected chi connectivity index (χ4v) is 3.78. The van der Waals surface area contributed by atoms with E-state index in [0.29, 0.717) is 0 Å². The van der Waals surface area contributed by atoms with E-state index in [1.54, 1.807) is 0 Å². The zero-order chi connectivity index (χ0) is 9.16. The predicted molar refractivity (Wildman–Crippen MR) is 46.8 cm³/mol. The molecule has 1 saturated heterocycles. The van der Waals surface area contributed by atoms with Gasteiger partial charge in [0.2, 0.25) is 0 Å². The molecule has 3 rings (SSSR count). The van der Waals surface area contributed by atoms with Crippen LogP contribution in [0.2, 0.25) is 0 Å². The van der Waals surface area contributed by atoms with Gasteiger partial charge >= 0.3 is 5.97 Å². The summed E-state index contributed by atoms with van der Waals surface area (Å²) in [7, 11) is 0. The summed E-state index contributed by atoms with van der Waals surface area (Å²) in [4.78, 5) is 11.4. The average molecular weight is 195 g/mol. The van der Waals surface area contributed by atoms with Crippen molar-refractivity contribution in [1.29, 1.82) is 5.26 Å². The molecule has 68 valence electrons. The highest BCUT2D eigenvalue weighted by molar-refractivity contribution is 7.81. The minimum absolute atomic E-state index is 0.00423. The highest BCUT2D eigenvalue weighted by Gasteiger charge is 2.65. The molecule has 0 aromatic carbocycles. The van der Waals surface area contributed by atoms with Crippen LogP contribution in [0.5, 0.6) is 0 Å². The van der Waals surface area contributed by atoms with Crippen molar-refractivity contribution in [1.82, 2.24) is 0 Å². The molecule has 0 aromatic rings. The summed E-state index contributed by atoms with van der Waals surface area (Å²) in [6.45, 7) is 0. The number of fused-ring (bicyclic) bond motifs is 1. The normalized spacial score (nSPS) is 56.5. The van der Waals surface area contributed by atoms with Gasteiger partial charge in [0.05, 0.1) is 17.9 Å². The molecular formula is C9H9NO2S. The number of thiol groups is 1. The van der Waals surface area contributed by atoms with E-state index in [-0.39, 0.29) is 41.0 Å². The maximum absolute atomic E-state index is 11.4. The predicted octanol–water partition coefficient (Wildman–Crippen LogP) is 0.616. The number of hydrogen-bond donors (Lipinski definition) is 1. The largest absolute Gasteiger partial charge is 0.461 e. The molecule has 0 N–H and O–H groups in total. The molecule has 3 nitrogen and oxygen atoms in total. The van der Waals surface area contributed by atoms with Crippen molar-refractivity contribution in [2.75, 3.05) is 0 Å². The number of nitriles is 1. The molecular weight excluding hydrogens is 186 g/mol. The molecule has 13 heavy (non-hydrogen) atoms. The van der Waals surface area contributed by atoms with Gasteiger partial charge in [-0.25, -0.2) is 0 Å². The lowest BCUT2D eigenvalue weighted by Crippen LogP contribution is -2.33. The van der Waals surface area contributed by atoms with Crippen molar-refractivity contribution in [3.05, 3.63) is 0 Å². The summed E-state index contributed by atoms with van der Waals surface area (Å²) in [6.07, 6.45) is 0.948. The Morgan fingerprint density at radius 1 is 1.54 bits per heavy atom. The fraction of sp³-hybridized carbons (Fsp3) is 0.778. The van der Waals surface area contributed by atoms with Crippen LogP contribution in [0.1, 0.15) is 6.42 Å². The molecule has 0 spiro atoms.